The number of hydrogen-bond donors (Lipinski definition) is 1. The van der Waals surface area contributed by atoms with E-state index in [1.807, 2.05) is 0 Å². The van der Waals surface area contributed by atoms with E-state index in [2.05, 4.69) is 10.3 Å². The molecule has 11 heteroatoms. The predicted octanol–water partition coefficient (Wildman–Crippen LogP) is 4.19. The molecule has 0 unspecified atom stereocenters. The van der Waals surface area contributed by atoms with Gasteiger partial charge in [-0.1, -0.05) is 6.07 Å². The maximum absolute atomic E-state index is 13.3. The minimum Gasteiger partial charge on any atom is -0.302 e. The summed E-state index contributed by atoms with van der Waals surface area (Å²) in [6.45, 7) is 0.200. The Balaban J connectivity index is 1.51. The molecular formula is C18H17F2N3O3S3. The van der Waals surface area contributed by atoms with E-state index in [1.54, 1.807) is 16.8 Å². The van der Waals surface area contributed by atoms with Crippen LogP contribution in [0.2, 0.25) is 0 Å². The molecule has 0 atom stereocenters. The Bertz CT molecular complexity index is 1100. The molecule has 154 valence electrons. The number of rotatable bonds is 8. The van der Waals surface area contributed by atoms with Gasteiger partial charge in [-0.3, -0.25) is 4.79 Å². The van der Waals surface area contributed by atoms with Gasteiger partial charge in [-0.2, -0.15) is 0 Å². The van der Waals surface area contributed by atoms with Crippen molar-refractivity contribution in [3.63, 3.8) is 0 Å². The van der Waals surface area contributed by atoms with Crippen LogP contribution in [0.3, 0.4) is 0 Å². The van der Waals surface area contributed by atoms with Gasteiger partial charge < -0.3 is 5.32 Å². The molecular weight excluding hydrogens is 440 g/mol. The summed E-state index contributed by atoms with van der Waals surface area (Å²) in [4.78, 5) is 16.3. The molecule has 0 fully saturated rings. The number of benzene rings is 1. The fraction of sp³-hybridized carbons (Fsp3) is 0.222. The number of amides is 1. The highest BCUT2D eigenvalue weighted by Crippen LogP contribution is 2.26. The fourth-order valence-electron chi connectivity index (χ4n) is 2.45. The van der Waals surface area contributed by atoms with Crippen LogP contribution in [0.25, 0.3) is 11.3 Å². The smallest absolute Gasteiger partial charge is 0.252 e. The highest BCUT2D eigenvalue weighted by molar-refractivity contribution is 7.91. The lowest BCUT2D eigenvalue weighted by Gasteiger charge is -2.15. The normalized spacial score (nSPS) is 11.7. The van der Waals surface area contributed by atoms with Gasteiger partial charge in [-0.25, -0.2) is 26.5 Å². The van der Waals surface area contributed by atoms with Gasteiger partial charge >= 0.3 is 0 Å². The van der Waals surface area contributed by atoms with Crippen LogP contribution >= 0.6 is 22.7 Å². The highest BCUT2D eigenvalue weighted by Gasteiger charge is 2.21. The molecule has 0 aliphatic carbocycles. The minimum absolute atomic E-state index is 0.115. The Kier molecular flexibility index (Phi) is 6.73. The second-order valence-corrected chi connectivity index (χ2v) is 10.2. The van der Waals surface area contributed by atoms with Crippen LogP contribution < -0.4 is 5.32 Å². The molecule has 0 aliphatic heterocycles. The van der Waals surface area contributed by atoms with E-state index < -0.39 is 21.7 Å². The minimum atomic E-state index is -3.53. The summed E-state index contributed by atoms with van der Waals surface area (Å²) in [6, 6.07) is 6.67. The van der Waals surface area contributed by atoms with Crippen LogP contribution in [-0.2, 0) is 14.8 Å². The molecule has 3 aromatic rings. The molecule has 3 rings (SSSR count). The van der Waals surface area contributed by atoms with Crippen LogP contribution in [0.15, 0.2) is 45.3 Å². The molecule has 0 radical (unpaired) electrons. The second-order valence-electron chi connectivity index (χ2n) is 6.08. The number of carbonyl (C=O) groups is 1. The summed E-state index contributed by atoms with van der Waals surface area (Å²) in [7, 11) is -2.06. The van der Waals surface area contributed by atoms with Gasteiger partial charge in [0, 0.05) is 31.0 Å². The second kappa shape index (κ2) is 9.08. The maximum atomic E-state index is 13.3. The first-order valence-electron chi connectivity index (χ1n) is 8.48. The summed E-state index contributed by atoms with van der Waals surface area (Å²) in [5.74, 6) is -2.22. The highest BCUT2D eigenvalue weighted by atomic mass is 32.2. The molecule has 0 aliphatic rings. The lowest BCUT2D eigenvalue weighted by Crippen LogP contribution is -2.28. The third kappa shape index (κ3) is 5.24. The number of carbonyl (C=O) groups excluding carboxylic acids is 1. The van der Waals surface area contributed by atoms with Gasteiger partial charge in [0.25, 0.3) is 10.0 Å². The molecule has 29 heavy (non-hydrogen) atoms. The first-order chi connectivity index (χ1) is 13.8. The van der Waals surface area contributed by atoms with Gasteiger partial charge in [0.1, 0.15) is 4.21 Å². The van der Waals surface area contributed by atoms with Crippen molar-refractivity contribution in [1.29, 1.82) is 0 Å². The van der Waals surface area contributed by atoms with Gasteiger partial charge in [0.15, 0.2) is 16.8 Å². The number of anilines is 1. The number of aromatic nitrogens is 1. The standard InChI is InChI=1S/C18H17F2N3O3S3/c1-23(29(25,26)17-5-3-9-27-17)8-2-4-16(24)22-18-21-15(11-28-18)12-6-7-13(19)14(20)10-12/h3,5-7,9-11H,2,4,8H2,1H3,(H,21,22,24). The molecule has 2 heterocycles. The zero-order chi connectivity index (χ0) is 21.0. The summed E-state index contributed by atoms with van der Waals surface area (Å²) >= 11 is 2.30. The maximum Gasteiger partial charge on any atom is 0.252 e. The van der Waals surface area contributed by atoms with E-state index in [1.165, 1.54) is 23.5 Å². The first kappa shape index (κ1) is 21.5. The molecule has 0 saturated heterocycles. The number of sulfonamides is 1. The average Bonchev–Trinajstić information content (AvgIpc) is 3.36. The predicted molar refractivity (Wildman–Crippen MR) is 109 cm³/mol. The van der Waals surface area contributed by atoms with Crippen molar-refractivity contribution in [3.05, 3.63) is 52.7 Å². The van der Waals surface area contributed by atoms with Crippen molar-refractivity contribution in [2.75, 3.05) is 18.9 Å². The molecule has 2 aromatic heterocycles. The Labute approximate surface area is 174 Å². The van der Waals surface area contributed by atoms with Crippen LogP contribution in [0.4, 0.5) is 13.9 Å². The SMILES string of the molecule is CN(CCCC(=O)Nc1nc(-c2ccc(F)c(F)c2)cs1)S(=O)(=O)c1cccs1. The summed E-state index contributed by atoms with van der Waals surface area (Å²) < 4.78 is 52.5. The molecule has 6 nitrogen and oxygen atoms in total. The Morgan fingerprint density at radius 3 is 2.69 bits per heavy atom. The summed E-state index contributed by atoms with van der Waals surface area (Å²) in [6.07, 6.45) is 0.457. The Hall–Kier alpha value is -2.21. The van der Waals surface area contributed by atoms with E-state index in [9.17, 15) is 22.0 Å². The quantitative estimate of drug-likeness (QED) is 0.550. The van der Waals surface area contributed by atoms with Gasteiger partial charge in [-0.15, -0.1) is 22.7 Å². The van der Waals surface area contributed by atoms with Crippen molar-refractivity contribution >= 4 is 43.7 Å². The Morgan fingerprint density at radius 2 is 2.00 bits per heavy atom. The number of thiazole rings is 1. The monoisotopic (exact) mass is 457 g/mol. The van der Waals surface area contributed by atoms with Crippen LogP contribution in [0.5, 0.6) is 0 Å². The first-order valence-corrected chi connectivity index (χ1v) is 11.7. The number of halogens is 2. The van der Waals surface area contributed by atoms with E-state index in [0.717, 1.165) is 34.8 Å². The lowest BCUT2D eigenvalue weighted by molar-refractivity contribution is -0.116. The number of nitrogens with zero attached hydrogens (tertiary/aromatic N) is 2. The number of hydrogen-bond acceptors (Lipinski definition) is 6. The molecule has 0 spiro atoms. The van der Waals surface area contributed by atoms with Crippen LogP contribution in [0, 0.1) is 11.6 Å². The average molecular weight is 458 g/mol. The van der Waals surface area contributed by atoms with Gasteiger partial charge in [0.05, 0.1) is 5.69 Å². The molecule has 1 aromatic carbocycles. The molecule has 0 bridgehead atoms. The lowest BCUT2D eigenvalue weighted by atomic mass is 10.2. The van der Waals surface area contributed by atoms with E-state index in [-0.39, 0.29) is 23.1 Å². The molecule has 0 saturated carbocycles. The Morgan fingerprint density at radius 1 is 1.21 bits per heavy atom. The fourth-order valence-corrected chi connectivity index (χ4v) is 5.59. The van der Waals surface area contributed by atoms with Crippen LogP contribution in [-0.4, -0.2) is 37.2 Å². The molecule has 1 amide bonds. The summed E-state index contributed by atoms with van der Waals surface area (Å²) in [5.41, 5.74) is 0.826. The third-order valence-corrected chi connectivity index (χ3v) is 7.99. The largest absolute Gasteiger partial charge is 0.302 e. The summed E-state index contributed by atoms with van der Waals surface area (Å²) in [5, 5.41) is 6.28. The zero-order valence-corrected chi connectivity index (χ0v) is 17.7. The third-order valence-electron chi connectivity index (χ3n) is 4.00. The molecule has 1 N–H and O–H groups in total. The van der Waals surface area contributed by atoms with E-state index in [4.69, 9.17) is 0 Å². The van der Waals surface area contributed by atoms with Crippen molar-refractivity contribution < 1.29 is 22.0 Å². The van der Waals surface area contributed by atoms with E-state index in [0.29, 0.717) is 22.8 Å². The van der Waals surface area contributed by atoms with E-state index >= 15 is 0 Å². The van der Waals surface area contributed by atoms with Crippen molar-refractivity contribution in [2.24, 2.45) is 0 Å². The van der Waals surface area contributed by atoms with Crippen LogP contribution in [0.1, 0.15) is 12.8 Å². The van der Waals surface area contributed by atoms with Crippen molar-refractivity contribution in [1.82, 2.24) is 9.29 Å². The van der Waals surface area contributed by atoms with Gasteiger partial charge in [-0.05, 0) is 36.1 Å². The topological polar surface area (TPSA) is 79.4 Å². The number of thiophene rings is 1. The zero-order valence-electron chi connectivity index (χ0n) is 15.3. The van der Waals surface area contributed by atoms with Crippen molar-refractivity contribution in [2.45, 2.75) is 17.1 Å². The number of nitrogens with one attached hydrogen (secondary N) is 1. The van der Waals surface area contributed by atoms with Gasteiger partial charge in [0.2, 0.25) is 5.91 Å². The van der Waals surface area contributed by atoms with Crippen molar-refractivity contribution in [3.8, 4) is 11.3 Å².